The monoisotopic (exact) mass is 372 g/mol. The van der Waals surface area contributed by atoms with Crippen molar-refractivity contribution in [3.63, 3.8) is 0 Å². The van der Waals surface area contributed by atoms with Crippen LogP contribution in [-0.2, 0) is 14.8 Å². The number of amides is 1. The van der Waals surface area contributed by atoms with E-state index < -0.39 is 38.5 Å². The van der Waals surface area contributed by atoms with Gasteiger partial charge >= 0.3 is 6.09 Å². The van der Waals surface area contributed by atoms with Gasteiger partial charge in [-0.3, -0.25) is 9.62 Å². The van der Waals surface area contributed by atoms with Gasteiger partial charge in [0, 0.05) is 5.69 Å². The van der Waals surface area contributed by atoms with Crippen molar-refractivity contribution in [3.05, 3.63) is 53.8 Å². The minimum Gasteiger partial charge on any atom is -0.447 e. The molecule has 3 rings (SSSR count). The molecule has 132 valence electrons. The zero-order chi connectivity index (χ0) is 18.2. The van der Waals surface area contributed by atoms with Crippen LogP contribution in [0.4, 0.5) is 29.3 Å². The molecular formula is C15H11F3N2O4S. The van der Waals surface area contributed by atoms with E-state index in [9.17, 15) is 26.4 Å². The number of anilines is 2. The normalized spacial score (nSPS) is 14.5. The number of cyclic esters (lactones) is 1. The molecular weight excluding hydrogens is 361 g/mol. The summed E-state index contributed by atoms with van der Waals surface area (Å²) in [6, 6.07) is 6.87. The molecule has 1 heterocycles. The second-order valence-electron chi connectivity index (χ2n) is 5.10. The predicted molar refractivity (Wildman–Crippen MR) is 82.3 cm³/mol. The quantitative estimate of drug-likeness (QED) is 0.838. The van der Waals surface area contributed by atoms with Crippen LogP contribution in [-0.4, -0.2) is 27.7 Å². The Morgan fingerprint density at radius 1 is 1.08 bits per heavy atom. The van der Waals surface area contributed by atoms with Crippen molar-refractivity contribution >= 4 is 27.5 Å². The van der Waals surface area contributed by atoms with Gasteiger partial charge in [0.15, 0.2) is 17.5 Å². The summed E-state index contributed by atoms with van der Waals surface area (Å²) in [6.07, 6.45) is -0.577. The Morgan fingerprint density at radius 3 is 2.52 bits per heavy atom. The maximum Gasteiger partial charge on any atom is 0.414 e. The van der Waals surface area contributed by atoms with E-state index in [2.05, 4.69) is 4.72 Å². The lowest BCUT2D eigenvalue weighted by Crippen LogP contribution is -2.23. The summed E-state index contributed by atoms with van der Waals surface area (Å²) in [6.45, 7) is 0.502. The fourth-order valence-corrected chi connectivity index (χ4v) is 3.41. The molecule has 0 unspecified atom stereocenters. The molecule has 1 aliphatic heterocycles. The van der Waals surface area contributed by atoms with Crippen molar-refractivity contribution in [2.45, 2.75) is 4.90 Å². The lowest BCUT2D eigenvalue weighted by molar-refractivity contribution is 0.181. The van der Waals surface area contributed by atoms with Gasteiger partial charge in [0.2, 0.25) is 0 Å². The van der Waals surface area contributed by atoms with Crippen LogP contribution in [0.25, 0.3) is 0 Å². The number of carbonyl (C=O) groups is 1. The summed E-state index contributed by atoms with van der Waals surface area (Å²) in [7, 11) is -4.50. The van der Waals surface area contributed by atoms with E-state index in [-0.39, 0.29) is 12.3 Å². The second kappa shape index (κ2) is 6.28. The molecule has 10 heteroatoms. The maximum absolute atomic E-state index is 13.7. The summed E-state index contributed by atoms with van der Waals surface area (Å²) < 4.78 is 71.3. The molecule has 1 saturated heterocycles. The van der Waals surface area contributed by atoms with Gasteiger partial charge < -0.3 is 4.74 Å². The number of benzene rings is 2. The number of hydrogen-bond donors (Lipinski definition) is 1. The minimum atomic E-state index is -4.50. The Kier molecular flexibility index (Phi) is 4.29. The molecule has 0 radical (unpaired) electrons. The molecule has 1 fully saturated rings. The first kappa shape index (κ1) is 17.1. The van der Waals surface area contributed by atoms with Crippen LogP contribution < -0.4 is 9.62 Å². The van der Waals surface area contributed by atoms with E-state index in [4.69, 9.17) is 4.74 Å². The number of halogens is 3. The molecule has 0 saturated carbocycles. The first-order valence-corrected chi connectivity index (χ1v) is 8.48. The van der Waals surface area contributed by atoms with Crippen molar-refractivity contribution in [2.75, 3.05) is 22.8 Å². The SMILES string of the molecule is O=C1OCCN1c1cccc(NS(=O)(=O)c2ccc(F)c(F)c2F)c1. The number of ether oxygens (including phenoxy) is 1. The third kappa shape index (κ3) is 3.25. The molecule has 25 heavy (non-hydrogen) atoms. The second-order valence-corrected chi connectivity index (χ2v) is 6.75. The average Bonchev–Trinajstić information content (AvgIpc) is 2.98. The molecule has 2 aromatic rings. The molecule has 0 aromatic heterocycles. The van der Waals surface area contributed by atoms with Crippen LogP contribution in [0.15, 0.2) is 41.3 Å². The summed E-state index contributed by atoms with van der Waals surface area (Å²) in [5.41, 5.74) is 0.384. The number of hydrogen-bond acceptors (Lipinski definition) is 4. The molecule has 2 aromatic carbocycles. The third-order valence-electron chi connectivity index (χ3n) is 3.46. The van der Waals surface area contributed by atoms with Crippen LogP contribution in [0.2, 0.25) is 0 Å². The molecule has 0 aliphatic carbocycles. The molecule has 1 amide bonds. The van der Waals surface area contributed by atoms with E-state index in [0.29, 0.717) is 24.4 Å². The van der Waals surface area contributed by atoms with Gasteiger partial charge in [-0.1, -0.05) is 6.07 Å². The van der Waals surface area contributed by atoms with Gasteiger partial charge in [0.1, 0.15) is 11.5 Å². The first-order valence-electron chi connectivity index (χ1n) is 7.00. The van der Waals surface area contributed by atoms with Gasteiger partial charge in [0.05, 0.1) is 12.2 Å². The number of sulfonamides is 1. The highest BCUT2D eigenvalue weighted by Crippen LogP contribution is 2.26. The van der Waals surface area contributed by atoms with Crippen molar-refractivity contribution in [2.24, 2.45) is 0 Å². The van der Waals surface area contributed by atoms with Crippen LogP contribution in [0.1, 0.15) is 0 Å². The summed E-state index contributed by atoms with van der Waals surface area (Å²) in [4.78, 5) is 11.8. The largest absolute Gasteiger partial charge is 0.447 e. The number of rotatable bonds is 4. The van der Waals surface area contributed by atoms with Crippen LogP contribution in [0, 0.1) is 17.5 Å². The molecule has 1 N–H and O–H groups in total. The fourth-order valence-electron chi connectivity index (χ4n) is 2.29. The molecule has 0 bridgehead atoms. The zero-order valence-electron chi connectivity index (χ0n) is 12.5. The highest BCUT2D eigenvalue weighted by molar-refractivity contribution is 7.92. The van der Waals surface area contributed by atoms with Crippen LogP contribution in [0.3, 0.4) is 0 Å². The highest BCUT2D eigenvalue weighted by Gasteiger charge is 2.26. The fraction of sp³-hybridized carbons (Fsp3) is 0.133. The molecule has 6 nitrogen and oxygen atoms in total. The van der Waals surface area contributed by atoms with Gasteiger partial charge in [-0.05, 0) is 30.3 Å². The van der Waals surface area contributed by atoms with Crippen LogP contribution in [0.5, 0.6) is 0 Å². The summed E-state index contributed by atoms with van der Waals surface area (Å²) >= 11 is 0. The standard InChI is InChI=1S/C15H11F3N2O4S/c16-11-4-5-12(14(18)13(11)17)25(22,23)19-9-2-1-3-10(8-9)20-6-7-24-15(20)21/h1-5,8,19H,6-7H2. The van der Waals surface area contributed by atoms with Crippen molar-refractivity contribution in [1.82, 2.24) is 0 Å². The Labute approximate surface area is 140 Å². The molecule has 0 spiro atoms. The van der Waals surface area contributed by atoms with Gasteiger partial charge in [0.25, 0.3) is 10.0 Å². The summed E-state index contributed by atoms with van der Waals surface area (Å²) in [5, 5.41) is 0. The Balaban J connectivity index is 1.92. The number of carbonyl (C=O) groups excluding carboxylic acids is 1. The Bertz CT molecular complexity index is 950. The lowest BCUT2D eigenvalue weighted by atomic mass is 10.2. The number of nitrogens with zero attached hydrogens (tertiary/aromatic N) is 1. The first-order chi connectivity index (χ1) is 11.8. The van der Waals surface area contributed by atoms with E-state index in [1.54, 1.807) is 6.07 Å². The lowest BCUT2D eigenvalue weighted by Gasteiger charge is -2.15. The summed E-state index contributed by atoms with van der Waals surface area (Å²) in [5.74, 6) is -5.19. The van der Waals surface area contributed by atoms with Crippen molar-refractivity contribution in [1.29, 1.82) is 0 Å². The van der Waals surface area contributed by atoms with E-state index in [1.807, 2.05) is 0 Å². The average molecular weight is 372 g/mol. The predicted octanol–water partition coefficient (Wildman–Crippen LogP) is 2.86. The topological polar surface area (TPSA) is 75.7 Å². The third-order valence-corrected chi connectivity index (χ3v) is 4.86. The van der Waals surface area contributed by atoms with Crippen molar-refractivity contribution in [3.8, 4) is 0 Å². The smallest absolute Gasteiger partial charge is 0.414 e. The minimum absolute atomic E-state index is 0.0151. The Morgan fingerprint density at radius 2 is 1.84 bits per heavy atom. The zero-order valence-corrected chi connectivity index (χ0v) is 13.3. The van der Waals surface area contributed by atoms with E-state index in [1.165, 1.54) is 23.1 Å². The Hall–Kier alpha value is -2.75. The van der Waals surface area contributed by atoms with Gasteiger partial charge in [-0.25, -0.2) is 26.4 Å². The van der Waals surface area contributed by atoms with Gasteiger partial charge in [-0.15, -0.1) is 0 Å². The number of nitrogens with one attached hydrogen (secondary N) is 1. The van der Waals surface area contributed by atoms with Crippen LogP contribution >= 0.6 is 0 Å². The van der Waals surface area contributed by atoms with E-state index >= 15 is 0 Å². The van der Waals surface area contributed by atoms with E-state index in [0.717, 1.165) is 0 Å². The highest BCUT2D eigenvalue weighted by atomic mass is 32.2. The molecule has 1 aliphatic rings. The van der Waals surface area contributed by atoms with Crippen molar-refractivity contribution < 1.29 is 31.1 Å². The van der Waals surface area contributed by atoms with Gasteiger partial charge in [-0.2, -0.15) is 0 Å². The molecule has 0 atom stereocenters. The maximum atomic E-state index is 13.7.